The highest BCUT2D eigenvalue weighted by molar-refractivity contribution is 5.94. The van der Waals surface area contributed by atoms with Crippen molar-refractivity contribution in [2.45, 2.75) is 6.42 Å². The fourth-order valence-electron chi connectivity index (χ4n) is 4.90. The number of ether oxygens (including phenoxy) is 1. The summed E-state index contributed by atoms with van der Waals surface area (Å²) in [5.74, 6) is 8.13. The lowest BCUT2D eigenvalue weighted by atomic mass is 9.96. The van der Waals surface area contributed by atoms with Gasteiger partial charge in [-0.1, -0.05) is 54.6 Å². The van der Waals surface area contributed by atoms with Crippen LogP contribution in [0, 0.1) is 0 Å². The quantitative estimate of drug-likeness (QED) is 0.411. The van der Waals surface area contributed by atoms with Gasteiger partial charge in [0, 0.05) is 57.1 Å². The number of benzene rings is 3. The molecule has 0 spiro atoms. The van der Waals surface area contributed by atoms with Crippen LogP contribution in [0.3, 0.4) is 0 Å². The second-order valence-electron chi connectivity index (χ2n) is 9.06. The Bertz CT molecular complexity index is 1080. The molecule has 36 heavy (non-hydrogen) atoms. The van der Waals surface area contributed by atoms with Gasteiger partial charge in [0.2, 0.25) is 0 Å². The zero-order valence-electron chi connectivity index (χ0n) is 20.9. The molecule has 1 amide bonds. The Morgan fingerprint density at radius 2 is 1.42 bits per heavy atom. The highest BCUT2D eigenvalue weighted by atomic mass is 16.5. The van der Waals surface area contributed by atoms with Crippen LogP contribution in [0.4, 0.5) is 5.69 Å². The van der Waals surface area contributed by atoms with Crippen LogP contribution in [0.5, 0.6) is 0 Å². The van der Waals surface area contributed by atoms with E-state index in [0.29, 0.717) is 0 Å². The molecule has 2 aliphatic rings. The number of anilines is 1. The minimum Gasteiger partial charge on any atom is -0.379 e. The van der Waals surface area contributed by atoms with Gasteiger partial charge in [-0.05, 0) is 47.4 Å². The van der Waals surface area contributed by atoms with Crippen molar-refractivity contribution in [2.24, 2.45) is 11.7 Å². The monoisotopic (exact) mass is 487 g/mol. The molecule has 0 atom stereocenters. The maximum atomic E-state index is 12.8. The molecule has 2 aliphatic heterocycles. The Kier molecular flexibility index (Phi) is 9.47. The molecule has 2 fully saturated rings. The minimum atomic E-state index is 0.128. The number of hydrogen-bond acceptors (Lipinski definition) is 6. The summed E-state index contributed by atoms with van der Waals surface area (Å²) in [6.07, 6.45) is 1.03. The zero-order chi connectivity index (χ0) is 25.2. The van der Waals surface area contributed by atoms with E-state index in [9.17, 15) is 4.79 Å². The predicted molar refractivity (Wildman–Crippen MR) is 146 cm³/mol. The van der Waals surface area contributed by atoms with Gasteiger partial charge < -0.3 is 14.5 Å². The molecule has 3 aromatic carbocycles. The lowest BCUT2D eigenvalue weighted by Gasteiger charge is -2.36. The number of piperazine rings is 1. The third-order valence-corrected chi connectivity index (χ3v) is 6.93. The first-order chi connectivity index (χ1) is 17.8. The molecule has 0 radical (unpaired) electrons. The Morgan fingerprint density at radius 3 is 2.08 bits per heavy atom. The van der Waals surface area contributed by atoms with Gasteiger partial charge in [-0.2, -0.15) is 0 Å². The Hall–Kier alpha value is -3.23. The number of nitrogens with two attached hydrogens (primary N) is 2. The van der Waals surface area contributed by atoms with E-state index in [1.54, 1.807) is 0 Å². The zero-order valence-corrected chi connectivity index (χ0v) is 20.9. The van der Waals surface area contributed by atoms with Gasteiger partial charge in [0.25, 0.3) is 5.91 Å². The number of hydrogen-bond donors (Lipinski definition) is 2. The summed E-state index contributed by atoms with van der Waals surface area (Å²) in [5, 5.41) is 0. The maximum Gasteiger partial charge on any atom is 0.253 e. The number of carbonyl (C=O) groups excluding carboxylic acids is 1. The Morgan fingerprint density at radius 1 is 0.778 bits per heavy atom. The first-order valence-electron chi connectivity index (χ1n) is 12.7. The molecule has 4 N–H and O–H groups in total. The van der Waals surface area contributed by atoms with Crippen LogP contribution in [-0.2, 0) is 11.2 Å². The van der Waals surface area contributed by atoms with E-state index in [-0.39, 0.29) is 5.91 Å². The number of rotatable bonds is 6. The van der Waals surface area contributed by atoms with Crippen molar-refractivity contribution in [1.82, 2.24) is 9.80 Å². The molecule has 190 valence electrons. The van der Waals surface area contributed by atoms with Crippen LogP contribution in [0.25, 0.3) is 11.1 Å². The molecule has 3 aromatic rings. The van der Waals surface area contributed by atoms with Crippen molar-refractivity contribution in [3.05, 3.63) is 90.0 Å². The normalized spacial score (nSPS) is 16.3. The average Bonchev–Trinajstić information content (AvgIpc) is 2.98. The SMILES string of the molecule is NN.O=C(c1ccccc1)N1CCN(c2ccc(CCN3CCOCC3)c(-c3ccccc3)c2)CC1. The smallest absolute Gasteiger partial charge is 0.253 e. The first kappa shape index (κ1) is 25.9. The van der Waals surface area contributed by atoms with E-state index in [4.69, 9.17) is 4.74 Å². The van der Waals surface area contributed by atoms with Crippen LogP contribution < -0.4 is 16.6 Å². The summed E-state index contributed by atoms with van der Waals surface area (Å²) in [7, 11) is 0. The van der Waals surface area contributed by atoms with Crippen molar-refractivity contribution in [3.63, 3.8) is 0 Å². The van der Waals surface area contributed by atoms with Crippen LogP contribution in [0.1, 0.15) is 15.9 Å². The molecule has 2 heterocycles. The van der Waals surface area contributed by atoms with Crippen molar-refractivity contribution in [1.29, 1.82) is 0 Å². The largest absolute Gasteiger partial charge is 0.379 e. The van der Waals surface area contributed by atoms with Crippen molar-refractivity contribution >= 4 is 11.6 Å². The van der Waals surface area contributed by atoms with E-state index in [2.05, 4.69) is 70.0 Å². The summed E-state index contributed by atoms with van der Waals surface area (Å²) in [6.45, 7) is 7.95. The van der Waals surface area contributed by atoms with E-state index >= 15 is 0 Å². The van der Waals surface area contributed by atoms with Crippen molar-refractivity contribution in [3.8, 4) is 11.1 Å². The van der Waals surface area contributed by atoms with Crippen LogP contribution >= 0.6 is 0 Å². The molecule has 0 saturated carbocycles. The van der Waals surface area contributed by atoms with Gasteiger partial charge in [-0.3, -0.25) is 21.4 Å². The summed E-state index contributed by atoms with van der Waals surface area (Å²) in [4.78, 5) is 19.7. The topological polar surface area (TPSA) is 88.1 Å². The summed E-state index contributed by atoms with van der Waals surface area (Å²) < 4.78 is 5.50. The lowest BCUT2D eigenvalue weighted by molar-refractivity contribution is 0.0384. The standard InChI is InChI=1S/C29H33N3O2.H4N2/c33-29(26-9-5-2-6-10-26)32-17-15-31(16-18-32)27-12-11-25(13-14-30-19-21-34-22-20-30)28(23-27)24-7-3-1-4-8-24;1-2/h1-12,23H,13-22H2;1-2H2. The number of carbonyl (C=O) groups is 1. The fraction of sp³-hybridized carbons (Fsp3) is 0.345. The number of morpholine rings is 1. The van der Waals surface area contributed by atoms with Gasteiger partial charge in [-0.25, -0.2) is 0 Å². The van der Waals surface area contributed by atoms with E-state index in [0.717, 1.165) is 71.0 Å². The van der Waals surface area contributed by atoms with E-state index < -0.39 is 0 Å². The molecule has 7 nitrogen and oxygen atoms in total. The number of amides is 1. The van der Waals surface area contributed by atoms with Crippen LogP contribution in [0.15, 0.2) is 78.9 Å². The molecule has 2 saturated heterocycles. The number of hydrazine groups is 1. The minimum absolute atomic E-state index is 0.128. The van der Waals surface area contributed by atoms with Crippen LogP contribution in [0.2, 0.25) is 0 Å². The molecule has 7 heteroatoms. The van der Waals surface area contributed by atoms with Crippen LogP contribution in [-0.4, -0.2) is 74.7 Å². The lowest BCUT2D eigenvalue weighted by Crippen LogP contribution is -2.48. The molecule has 0 aliphatic carbocycles. The Balaban J connectivity index is 0.00000148. The van der Waals surface area contributed by atoms with Gasteiger partial charge in [0.1, 0.15) is 0 Å². The molecule has 0 unspecified atom stereocenters. The average molecular weight is 488 g/mol. The third kappa shape index (κ3) is 6.50. The Labute approximate surface area is 214 Å². The maximum absolute atomic E-state index is 12.8. The summed E-state index contributed by atoms with van der Waals surface area (Å²) in [5.41, 5.74) is 5.97. The second-order valence-corrected chi connectivity index (χ2v) is 9.06. The van der Waals surface area contributed by atoms with Crippen molar-refractivity contribution in [2.75, 3.05) is 63.9 Å². The van der Waals surface area contributed by atoms with Gasteiger partial charge >= 0.3 is 0 Å². The molecular formula is C29H37N5O2. The summed E-state index contributed by atoms with van der Waals surface area (Å²) >= 11 is 0. The highest BCUT2D eigenvalue weighted by Gasteiger charge is 2.23. The second kappa shape index (κ2) is 13.2. The number of nitrogens with zero attached hydrogens (tertiary/aromatic N) is 3. The highest BCUT2D eigenvalue weighted by Crippen LogP contribution is 2.30. The van der Waals surface area contributed by atoms with Crippen molar-refractivity contribution < 1.29 is 9.53 Å². The first-order valence-corrected chi connectivity index (χ1v) is 12.7. The molecule has 0 bridgehead atoms. The molecule has 5 rings (SSSR count). The van der Waals surface area contributed by atoms with Gasteiger partial charge in [0.05, 0.1) is 13.2 Å². The van der Waals surface area contributed by atoms with E-state index in [1.165, 1.54) is 22.4 Å². The molecule has 0 aromatic heterocycles. The predicted octanol–water partition coefficient (Wildman–Crippen LogP) is 3.01. The fourth-order valence-corrected chi connectivity index (χ4v) is 4.90. The molecular weight excluding hydrogens is 450 g/mol. The van der Waals surface area contributed by atoms with Gasteiger partial charge in [0.15, 0.2) is 0 Å². The van der Waals surface area contributed by atoms with Gasteiger partial charge in [-0.15, -0.1) is 0 Å². The van der Waals surface area contributed by atoms with E-state index in [1.807, 2.05) is 35.2 Å². The summed E-state index contributed by atoms with van der Waals surface area (Å²) in [6, 6.07) is 27.2. The third-order valence-electron chi connectivity index (χ3n) is 6.93.